The number of aromatic nitrogens is 2. The largest absolute Gasteiger partial charge is 0.291 e. The summed E-state index contributed by atoms with van der Waals surface area (Å²) >= 11 is 0. The molecule has 1 aromatic carbocycles. The van der Waals surface area contributed by atoms with Crippen LogP contribution in [0.1, 0.15) is 23.0 Å². The summed E-state index contributed by atoms with van der Waals surface area (Å²) in [5.41, 5.74) is 3.83. The molecule has 1 N–H and O–H groups in total. The molecule has 0 spiro atoms. The zero-order valence-corrected chi connectivity index (χ0v) is 10.2. The molecule has 2 rings (SSSR count). The number of benzene rings is 1. The Hall–Kier alpha value is -2.63. The second kappa shape index (κ2) is 5.81. The molecule has 0 fully saturated rings. The Labute approximate surface area is 109 Å². The highest BCUT2D eigenvalue weighted by Crippen LogP contribution is 2.04. The number of rotatable bonds is 3. The van der Waals surface area contributed by atoms with E-state index in [1.54, 1.807) is 19.1 Å². The molecule has 6 heteroatoms. The van der Waals surface area contributed by atoms with E-state index in [4.69, 9.17) is 0 Å². The fraction of sp³-hybridized carbons (Fsp3) is 0.0769. The van der Waals surface area contributed by atoms with Crippen LogP contribution in [0.4, 0.5) is 4.39 Å². The number of hydrogen-bond donors (Lipinski definition) is 1. The van der Waals surface area contributed by atoms with Crippen LogP contribution in [0.25, 0.3) is 0 Å². The standard InChI is InChI=1S/C13H11FN4O/c1-9(10-2-4-11(14)5-3-10)17-18-13(19)12-8-15-6-7-16-12/h2-8H,1H3,(H,18,19)/b17-9+. The lowest BCUT2D eigenvalue weighted by Crippen LogP contribution is -2.20. The van der Waals surface area contributed by atoms with Crippen molar-refractivity contribution in [3.05, 3.63) is 59.9 Å². The first-order valence-electron chi connectivity index (χ1n) is 5.53. The van der Waals surface area contributed by atoms with E-state index in [2.05, 4.69) is 20.5 Å². The zero-order chi connectivity index (χ0) is 13.7. The van der Waals surface area contributed by atoms with E-state index in [-0.39, 0.29) is 11.5 Å². The molecule has 0 saturated heterocycles. The van der Waals surface area contributed by atoms with Crippen molar-refractivity contribution in [1.29, 1.82) is 0 Å². The molecule has 0 unspecified atom stereocenters. The van der Waals surface area contributed by atoms with Gasteiger partial charge in [0.1, 0.15) is 11.5 Å². The monoisotopic (exact) mass is 258 g/mol. The van der Waals surface area contributed by atoms with Crippen LogP contribution in [0.2, 0.25) is 0 Å². The molecular formula is C13H11FN4O. The highest BCUT2D eigenvalue weighted by atomic mass is 19.1. The number of carbonyl (C=O) groups is 1. The van der Waals surface area contributed by atoms with Crippen LogP contribution in [-0.4, -0.2) is 21.6 Å². The molecule has 0 aliphatic carbocycles. The lowest BCUT2D eigenvalue weighted by molar-refractivity contribution is 0.0949. The van der Waals surface area contributed by atoms with Crippen LogP contribution in [0.15, 0.2) is 48.0 Å². The van der Waals surface area contributed by atoms with Crippen molar-refractivity contribution in [3.8, 4) is 0 Å². The first-order valence-corrected chi connectivity index (χ1v) is 5.53. The van der Waals surface area contributed by atoms with Crippen LogP contribution in [0.3, 0.4) is 0 Å². The van der Waals surface area contributed by atoms with Gasteiger partial charge in [0, 0.05) is 12.4 Å². The molecule has 0 aliphatic rings. The Morgan fingerprint density at radius 1 is 1.26 bits per heavy atom. The molecule has 1 heterocycles. The fourth-order valence-corrected chi connectivity index (χ4v) is 1.36. The second-order valence-corrected chi connectivity index (χ2v) is 3.74. The van der Waals surface area contributed by atoms with E-state index in [1.807, 2.05) is 0 Å². The van der Waals surface area contributed by atoms with Crippen LogP contribution in [0, 0.1) is 5.82 Å². The van der Waals surface area contributed by atoms with Crippen molar-refractivity contribution in [2.45, 2.75) is 6.92 Å². The molecule has 0 radical (unpaired) electrons. The molecule has 19 heavy (non-hydrogen) atoms. The van der Waals surface area contributed by atoms with Gasteiger partial charge in [0.2, 0.25) is 0 Å². The van der Waals surface area contributed by atoms with E-state index >= 15 is 0 Å². The third-order valence-corrected chi connectivity index (χ3v) is 2.38. The normalized spacial score (nSPS) is 11.2. The van der Waals surface area contributed by atoms with Gasteiger partial charge >= 0.3 is 0 Å². The molecule has 0 atom stereocenters. The predicted molar refractivity (Wildman–Crippen MR) is 68.1 cm³/mol. The van der Waals surface area contributed by atoms with Crippen molar-refractivity contribution in [1.82, 2.24) is 15.4 Å². The van der Waals surface area contributed by atoms with Gasteiger partial charge in [-0.25, -0.2) is 14.8 Å². The van der Waals surface area contributed by atoms with E-state index in [0.29, 0.717) is 5.71 Å². The number of hydrogen-bond acceptors (Lipinski definition) is 4. The Morgan fingerprint density at radius 2 is 2.00 bits per heavy atom. The van der Waals surface area contributed by atoms with Crippen molar-refractivity contribution in [3.63, 3.8) is 0 Å². The van der Waals surface area contributed by atoms with E-state index in [0.717, 1.165) is 5.56 Å². The number of halogens is 1. The summed E-state index contributed by atoms with van der Waals surface area (Å²) in [5.74, 6) is -0.769. The average Bonchev–Trinajstić information content (AvgIpc) is 2.46. The first-order chi connectivity index (χ1) is 9.16. The molecule has 0 saturated carbocycles. The summed E-state index contributed by atoms with van der Waals surface area (Å²) in [6, 6.07) is 5.84. The highest BCUT2D eigenvalue weighted by molar-refractivity contribution is 6.00. The van der Waals surface area contributed by atoms with Crippen molar-refractivity contribution >= 4 is 11.6 Å². The molecule has 1 aromatic heterocycles. The van der Waals surface area contributed by atoms with Crippen molar-refractivity contribution in [2.75, 3.05) is 0 Å². The molecule has 2 aromatic rings. The summed E-state index contributed by atoms with van der Waals surface area (Å²) in [6.45, 7) is 1.71. The summed E-state index contributed by atoms with van der Waals surface area (Å²) in [5, 5.41) is 3.93. The molecule has 0 aliphatic heterocycles. The van der Waals surface area contributed by atoms with E-state index in [9.17, 15) is 9.18 Å². The highest BCUT2D eigenvalue weighted by Gasteiger charge is 2.05. The molecule has 0 bridgehead atoms. The number of nitrogens with zero attached hydrogens (tertiary/aromatic N) is 3. The van der Waals surface area contributed by atoms with E-state index < -0.39 is 5.91 Å². The van der Waals surface area contributed by atoms with Gasteiger partial charge < -0.3 is 0 Å². The zero-order valence-electron chi connectivity index (χ0n) is 10.2. The summed E-state index contributed by atoms with van der Waals surface area (Å²) in [4.78, 5) is 19.3. The number of hydrazone groups is 1. The average molecular weight is 258 g/mol. The van der Waals surface area contributed by atoms with Gasteiger partial charge in [-0.2, -0.15) is 5.10 Å². The summed E-state index contributed by atoms with van der Waals surface area (Å²) in [6.07, 6.45) is 4.24. The Morgan fingerprint density at radius 3 is 2.63 bits per heavy atom. The number of amides is 1. The lowest BCUT2D eigenvalue weighted by atomic mass is 10.1. The summed E-state index contributed by atoms with van der Waals surface area (Å²) < 4.78 is 12.8. The maximum absolute atomic E-state index is 12.8. The van der Waals surface area contributed by atoms with Gasteiger partial charge in [-0.05, 0) is 24.6 Å². The van der Waals surface area contributed by atoms with E-state index in [1.165, 1.54) is 30.7 Å². The minimum absolute atomic E-state index is 0.179. The molecular weight excluding hydrogens is 247 g/mol. The van der Waals surface area contributed by atoms with Gasteiger partial charge in [-0.15, -0.1) is 0 Å². The maximum Gasteiger partial charge on any atom is 0.291 e. The van der Waals surface area contributed by atoms with Crippen LogP contribution in [-0.2, 0) is 0 Å². The summed E-state index contributed by atoms with van der Waals surface area (Å²) in [7, 11) is 0. The third kappa shape index (κ3) is 3.41. The Balaban J connectivity index is 2.06. The maximum atomic E-state index is 12.8. The second-order valence-electron chi connectivity index (χ2n) is 3.74. The third-order valence-electron chi connectivity index (χ3n) is 2.38. The van der Waals surface area contributed by atoms with Gasteiger partial charge in [0.05, 0.1) is 11.9 Å². The SMILES string of the molecule is C/C(=N\NC(=O)c1cnccn1)c1ccc(F)cc1. The lowest BCUT2D eigenvalue weighted by Gasteiger charge is -2.02. The van der Waals surface area contributed by atoms with Crippen molar-refractivity contribution < 1.29 is 9.18 Å². The Bertz CT molecular complexity index is 596. The smallest absolute Gasteiger partial charge is 0.265 e. The Kier molecular flexibility index (Phi) is 3.92. The molecule has 1 amide bonds. The quantitative estimate of drug-likeness (QED) is 0.674. The van der Waals surface area contributed by atoms with Gasteiger partial charge in [-0.1, -0.05) is 12.1 Å². The topological polar surface area (TPSA) is 67.2 Å². The first kappa shape index (κ1) is 12.8. The molecule has 5 nitrogen and oxygen atoms in total. The minimum atomic E-state index is -0.449. The van der Waals surface area contributed by atoms with Gasteiger partial charge in [0.15, 0.2) is 0 Å². The van der Waals surface area contributed by atoms with Crippen LogP contribution in [0.5, 0.6) is 0 Å². The van der Waals surface area contributed by atoms with Gasteiger partial charge in [-0.3, -0.25) is 9.78 Å². The van der Waals surface area contributed by atoms with Crippen LogP contribution >= 0.6 is 0 Å². The molecule has 96 valence electrons. The van der Waals surface area contributed by atoms with Crippen LogP contribution < -0.4 is 5.43 Å². The predicted octanol–water partition coefficient (Wildman–Crippen LogP) is 1.77. The van der Waals surface area contributed by atoms with Gasteiger partial charge in [0.25, 0.3) is 5.91 Å². The minimum Gasteiger partial charge on any atom is -0.265 e. The van der Waals surface area contributed by atoms with Crippen molar-refractivity contribution in [2.24, 2.45) is 5.10 Å². The fourth-order valence-electron chi connectivity index (χ4n) is 1.36. The number of nitrogens with one attached hydrogen (secondary N) is 1. The number of carbonyl (C=O) groups excluding carboxylic acids is 1.